The van der Waals surface area contributed by atoms with Gasteiger partial charge in [0.2, 0.25) is 0 Å². The normalized spacial score (nSPS) is 10.3. The van der Waals surface area contributed by atoms with Gasteiger partial charge in [-0.05, 0) is 42.0 Å². The van der Waals surface area contributed by atoms with Crippen molar-refractivity contribution >= 4 is 29.7 Å². The van der Waals surface area contributed by atoms with Gasteiger partial charge >= 0.3 is 17.8 Å². The Morgan fingerprint density at radius 2 is 1.64 bits per heavy atom. The Kier molecular flexibility index (Phi) is 5.94. The van der Waals surface area contributed by atoms with E-state index in [0.29, 0.717) is 11.1 Å². The van der Waals surface area contributed by atoms with E-state index in [1.54, 1.807) is 12.1 Å². The first-order valence-electron chi connectivity index (χ1n) is 7.08. The van der Waals surface area contributed by atoms with E-state index in [4.69, 9.17) is 0 Å². The summed E-state index contributed by atoms with van der Waals surface area (Å²) in [4.78, 5) is 34.6. The van der Waals surface area contributed by atoms with E-state index >= 15 is 0 Å². The summed E-state index contributed by atoms with van der Waals surface area (Å²) in [5.41, 5.74) is 3.33. The number of amides is 2. The van der Waals surface area contributed by atoms with E-state index in [2.05, 4.69) is 20.6 Å². The number of benzene rings is 2. The minimum absolute atomic E-state index is 0.281. The molecule has 0 aliphatic carbocycles. The maximum Gasteiger partial charge on any atom is 0.337 e. The lowest BCUT2D eigenvalue weighted by molar-refractivity contribution is -0.136. The quantitative estimate of drug-likeness (QED) is 0.382. The molecular formula is C17H14FN3O4. The fraction of sp³-hybridized carbons (Fsp3) is 0.0588. The van der Waals surface area contributed by atoms with Crippen LogP contribution in [0.15, 0.2) is 53.6 Å². The maximum absolute atomic E-state index is 12.8. The van der Waals surface area contributed by atoms with Gasteiger partial charge in [0.15, 0.2) is 0 Å². The van der Waals surface area contributed by atoms with Gasteiger partial charge in [0.25, 0.3) is 0 Å². The average molecular weight is 343 g/mol. The number of carbonyl (C=O) groups excluding carboxylic acids is 3. The highest BCUT2D eigenvalue weighted by atomic mass is 19.1. The van der Waals surface area contributed by atoms with Gasteiger partial charge in [-0.15, -0.1) is 0 Å². The fourth-order valence-corrected chi connectivity index (χ4v) is 1.76. The Hall–Kier alpha value is -3.55. The number of esters is 1. The predicted octanol–water partition coefficient (Wildman–Crippen LogP) is 1.70. The molecule has 0 aliphatic rings. The topological polar surface area (TPSA) is 96.9 Å². The number of anilines is 1. The molecule has 0 heterocycles. The van der Waals surface area contributed by atoms with Crippen LogP contribution in [0.2, 0.25) is 0 Å². The Morgan fingerprint density at radius 3 is 2.24 bits per heavy atom. The highest BCUT2D eigenvalue weighted by Gasteiger charge is 2.12. The first kappa shape index (κ1) is 17.8. The van der Waals surface area contributed by atoms with Crippen molar-refractivity contribution in [1.29, 1.82) is 0 Å². The van der Waals surface area contributed by atoms with E-state index < -0.39 is 23.6 Å². The van der Waals surface area contributed by atoms with Crippen molar-refractivity contribution in [1.82, 2.24) is 5.43 Å². The van der Waals surface area contributed by atoms with Gasteiger partial charge in [0, 0.05) is 5.69 Å². The van der Waals surface area contributed by atoms with Crippen molar-refractivity contribution in [3.05, 3.63) is 65.5 Å². The van der Waals surface area contributed by atoms with Crippen molar-refractivity contribution in [2.75, 3.05) is 12.4 Å². The highest BCUT2D eigenvalue weighted by molar-refractivity contribution is 6.39. The minimum atomic E-state index is -0.980. The monoisotopic (exact) mass is 343 g/mol. The van der Waals surface area contributed by atoms with Gasteiger partial charge in [0.1, 0.15) is 5.82 Å². The second-order valence-corrected chi connectivity index (χ2v) is 4.77. The standard InChI is InChI=1S/C17H14FN3O4/c1-25-17(24)12-4-2-11(3-5-12)10-19-21-16(23)15(22)20-14-8-6-13(18)7-9-14/h2-10H,1H3,(H,20,22)(H,21,23)/b19-10-. The van der Waals surface area contributed by atoms with Crippen LogP contribution in [0.5, 0.6) is 0 Å². The van der Waals surface area contributed by atoms with Gasteiger partial charge in [-0.25, -0.2) is 14.6 Å². The summed E-state index contributed by atoms with van der Waals surface area (Å²) in [6.07, 6.45) is 1.31. The average Bonchev–Trinajstić information content (AvgIpc) is 2.63. The smallest absolute Gasteiger partial charge is 0.337 e. The molecule has 25 heavy (non-hydrogen) atoms. The summed E-state index contributed by atoms with van der Waals surface area (Å²) >= 11 is 0. The molecule has 7 nitrogen and oxygen atoms in total. The molecule has 2 amide bonds. The lowest BCUT2D eigenvalue weighted by Crippen LogP contribution is -2.32. The molecule has 0 saturated heterocycles. The van der Waals surface area contributed by atoms with E-state index in [-0.39, 0.29) is 5.69 Å². The van der Waals surface area contributed by atoms with Crippen LogP contribution < -0.4 is 10.7 Å². The maximum atomic E-state index is 12.8. The Balaban J connectivity index is 1.88. The third-order valence-electron chi connectivity index (χ3n) is 3.02. The molecule has 2 aromatic rings. The largest absolute Gasteiger partial charge is 0.465 e. The van der Waals surface area contributed by atoms with Crippen LogP contribution in [0.4, 0.5) is 10.1 Å². The lowest BCUT2D eigenvalue weighted by atomic mass is 10.1. The fourth-order valence-electron chi connectivity index (χ4n) is 1.76. The number of hydrazone groups is 1. The number of halogens is 1. The lowest BCUT2D eigenvalue weighted by Gasteiger charge is -2.03. The van der Waals surface area contributed by atoms with Crippen LogP contribution >= 0.6 is 0 Å². The summed E-state index contributed by atoms with van der Waals surface area (Å²) in [6.45, 7) is 0. The molecule has 2 rings (SSSR count). The van der Waals surface area contributed by atoms with Gasteiger partial charge in [-0.3, -0.25) is 9.59 Å². The van der Waals surface area contributed by atoms with Gasteiger partial charge < -0.3 is 10.1 Å². The molecule has 2 N–H and O–H groups in total. The number of nitrogens with zero attached hydrogens (tertiary/aromatic N) is 1. The summed E-state index contributed by atoms with van der Waals surface area (Å²) in [5, 5.41) is 5.95. The third-order valence-corrected chi connectivity index (χ3v) is 3.02. The molecule has 2 aromatic carbocycles. The van der Waals surface area contributed by atoms with Crippen molar-refractivity contribution in [3.8, 4) is 0 Å². The van der Waals surface area contributed by atoms with Crippen molar-refractivity contribution in [2.45, 2.75) is 0 Å². The van der Waals surface area contributed by atoms with Gasteiger partial charge in [0.05, 0.1) is 18.9 Å². The third kappa shape index (κ3) is 5.24. The van der Waals surface area contributed by atoms with Crippen molar-refractivity contribution in [3.63, 3.8) is 0 Å². The molecule has 0 saturated carbocycles. The second kappa shape index (κ2) is 8.34. The predicted molar refractivity (Wildman–Crippen MR) is 88.5 cm³/mol. The molecule has 0 bridgehead atoms. The molecule has 0 fully saturated rings. The number of methoxy groups -OCH3 is 1. The molecular weight excluding hydrogens is 329 g/mol. The number of hydrogen-bond acceptors (Lipinski definition) is 5. The summed E-state index contributed by atoms with van der Waals surface area (Å²) in [5.74, 6) is -2.84. The number of nitrogens with one attached hydrogen (secondary N) is 2. The van der Waals surface area contributed by atoms with E-state index in [1.165, 1.54) is 37.6 Å². The van der Waals surface area contributed by atoms with Crippen LogP contribution in [-0.2, 0) is 14.3 Å². The number of rotatable bonds is 4. The zero-order chi connectivity index (χ0) is 18.2. The van der Waals surface area contributed by atoms with Crippen LogP contribution in [0, 0.1) is 5.82 Å². The zero-order valence-electron chi connectivity index (χ0n) is 13.2. The van der Waals surface area contributed by atoms with Crippen LogP contribution in [0.3, 0.4) is 0 Å². The molecule has 0 aromatic heterocycles. The second-order valence-electron chi connectivity index (χ2n) is 4.77. The summed E-state index contributed by atoms with van der Waals surface area (Å²) in [6, 6.07) is 11.2. The molecule has 128 valence electrons. The van der Waals surface area contributed by atoms with E-state index in [1.807, 2.05) is 0 Å². The van der Waals surface area contributed by atoms with Crippen LogP contribution in [-0.4, -0.2) is 31.1 Å². The van der Waals surface area contributed by atoms with Crippen LogP contribution in [0.1, 0.15) is 15.9 Å². The highest BCUT2D eigenvalue weighted by Crippen LogP contribution is 2.08. The Bertz CT molecular complexity index is 802. The minimum Gasteiger partial charge on any atom is -0.465 e. The first-order chi connectivity index (χ1) is 12.0. The summed E-state index contributed by atoms with van der Waals surface area (Å²) < 4.78 is 17.3. The number of ether oxygens (including phenoxy) is 1. The number of carbonyl (C=O) groups is 3. The van der Waals surface area contributed by atoms with Crippen molar-refractivity contribution < 1.29 is 23.5 Å². The Labute approximate surface area is 142 Å². The molecule has 0 atom stereocenters. The summed E-state index contributed by atoms with van der Waals surface area (Å²) in [7, 11) is 1.28. The molecule has 0 spiro atoms. The van der Waals surface area contributed by atoms with E-state index in [0.717, 1.165) is 12.1 Å². The van der Waals surface area contributed by atoms with Gasteiger partial charge in [-0.1, -0.05) is 12.1 Å². The zero-order valence-corrected chi connectivity index (χ0v) is 13.2. The first-order valence-corrected chi connectivity index (χ1v) is 7.08. The SMILES string of the molecule is COC(=O)c1ccc(/C=N\NC(=O)C(=O)Nc2ccc(F)cc2)cc1. The molecule has 0 unspecified atom stereocenters. The molecule has 8 heteroatoms. The van der Waals surface area contributed by atoms with E-state index in [9.17, 15) is 18.8 Å². The Morgan fingerprint density at radius 1 is 1.00 bits per heavy atom. The van der Waals surface area contributed by atoms with Gasteiger partial charge in [-0.2, -0.15) is 5.10 Å². The van der Waals surface area contributed by atoms with Crippen LogP contribution in [0.25, 0.3) is 0 Å². The number of hydrogen-bond donors (Lipinski definition) is 2. The molecule has 0 radical (unpaired) electrons. The van der Waals surface area contributed by atoms with Crippen molar-refractivity contribution in [2.24, 2.45) is 5.10 Å². The molecule has 0 aliphatic heterocycles.